The fourth-order valence-electron chi connectivity index (χ4n) is 2.47. The van der Waals surface area contributed by atoms with Gasteiger partial charge < -0.3 is 9.47 Å². The Kier molecular flexibility index (Phi) is 6.22. The van der Waals surface area contributed by atoms with E-state index in [1.165, 1.54) is 17.4 Å². The summed E-state index contributed by atoms with van der Waals surface area (Å²) >= 11 is 1.38. The summed E-state index contributed by atoms with van der Waals surface area (Å²) in [5.41, 5.74) is 2.62. The molecule has 0 unspecified atom stereocenters. The zero-order valence-electron chi connectivity index (χ0n) is 15.1. The van der Waals surface area contributed by atoms with Crippen LogP contribution in [0.4, 0.5) is 5.13 Å². The maximum absolute atomic E-state index is 12.2. The molecule has 0 saturated heterocycles. The first-order chi connectivity index (χ1) is 13.2. The zero-order valence-corrected chi connectivity index (χ0v) is 16.0. The second-order valence-electron chi connectivity index (χ2n) is 5.56. The smallest absolute Gasteiger partial charge is 0.250 e. The minimum Gasteiger partial charge on any atom is -0.496 e. The molecule has 138 valence electrons. The van der Waals surface area contributed by atoms with Gasteiger partial charge in [0.1, 0.15) is 11.5 Å². The minimum absolute atomic E-state index is 0.242. The SMILES string of the molecule is CCOc1ccc(-c2csc(NC(=O)/C=C/c3ccccc3OC)n2)cc1. The molecule has 0 aliphatic carbocycles. The lowest BCUT2D eigenvalue weighted by Gasteiger charge is -2.03. The number of ether oxygens (including phenoxy) is 2. The minimum atomic E-state index is -0.242. The Morgan fingerprint density at radius 2 is 1.96 bits per heavy atom. The predicted molar refractivity (Wildman–Crippen MR) is 109 cm³/mol. The van der Waals surface area contributed by atoms with Crippen molar-refractivity contribution in [2.45, 2.75) is 6.92 Å². The van der Waals surface area contributed by atoms with E-state index in [4.69, 9.17) is 9.47 Å². The number of rotatable bonds is 7. The van der Waals surface area contributed by atoms with Crippen molar-refractivity contribution < 1.29 is 14.3 Å². The zero-order chi connectivity index (χ0) is 19.1. The van der Waals surface area contributed by atoms with Crippen molar-refractivity contribution in [3.63, 3.8) is 0 Å². The molecule has 0 spiro atoms. The van der Waals surface area contributed by atoms with Gasteiger partial charge in [0.15, 0.2) is 5.13 Å². The first kappa shape index (κ1) is 18.7. The molecular weight excluding hydrogens is 360 g/mol. The Balaban J connectivity index is 1.64. The lowest BCUT2D eigenvalue weighted by Crippen LogP contribution is -2.07. The Morgan fingerprint density at radius 1 is 1.19 bits per heavy atom. The van der Waals surface area contributed by atoms with Crippen molar-refractivity contribution in [3.8, 4) is 22.8 Å². The first-order valence-corrected chi connectivity index (χ1v) is 9.38. The summed E-state index contributed by atoms with van der Waals surface area (Å²) in [6, 6.07) is 15.2. The number of nitrogens with zero attached hydrogens (tertiary/aromatic N) is 1. The summed E-state index contributed by atoms with van der Waals surface area (Å²) in [5, 5.41) is 5.25. The molecule has 1 aromatic heterocycles. The number of anilines is 1. The molecule has 1 N–H and O–H groups in total. The van der Waals surface area contributed by atoms with Gasteiger partial charge in [0.05, 0.1) is 19.4 Å². The highest BCUT2D eigenvalue weighted by molar-refractivity contribution is 7.14. The summed E-state index contributed by atoms with van der Waals surface area (Å²) in [4.78, 5) is 16.6. The van der Waals surface area contributed by atoms with Gasteiger partial charge in [0.2, 0.25) is 5.91 Å². The average molecular weight is 380 g/mol. The van der Waals surface area contributed by atoms with E-state index in [0.717, 1.165) is 22.6 Å². The largest absolute Gasteiger partial charge is 0.496 e. The van der Waals surface area contributed by atoms with E-state index in [1.54, 1.807) is 13.2 Å². The lowest BCUT2D eigenvalue weighted by atomic mass is 10.2. The Morgan fingerprint density at radius 3 is 2.70 bits per heavy atom. The van der Waals surface area contributed by atoms with Gasteiger partial charge in [-0.1, -0.05) is 18.2 Å². The molecule has 0 aliphatic heterocycles. The van der Waals surface area contributed by atoms with Crippen LogP contribution in [-0.4, -0.2) is 24.6 Å². The van der Waals surface area contributed by atoms with Gasteiger partial charge in [0.25, 0.3) is 0 Å². The molecule has 3 rings (SSSR count). The van der Waals surface area contributed by atoms with E-state index in [0.29, 0.717) is 17.5 Å². The number of hydrogen-bond donors (Lipinski definition) is 1. The number of thiazole rings is 1. The van der Waals surface area contributed by atoms with Crippen molar-refractivity contribution in [2.75, 3.05) is 19.0 Å². The van der Waals surface area contributed by atoms with Gasteiger partial charge in [-0.25, -0.2) is 4.98 Å². The molecule has 0 atom stereocenters. The van der Waals surface area contributed by atoms with Crippen LogP contribution >= 0.6 is 11.3 Å². The molecule has 0 radical (unpaired) electrons. The number of carbonyl (C=O) groups excluding carboxylic acids is 1. The Labute approximate surface area is 162 Å². The van der Waals surface area contributed by atoms with Gasteiger partial charge in [-0.3, -0.25) is 10.1 Å². The molecule has 3 aromatic rings. The van der Waals surface area contributed by atoms with Crippen molar-refractivity contribution in [1.82, 2.24) is 4.98 Å². The van der Waals surface area contributed by atoms with Crippen LogP contribution in [0.3, 0.4) is 0 Å². The quantitative estimate of drug-likeness (QED) is 0.594. The molecular formula is C21H20N2O3S. The summed E-state index contributed by atoms with van der Waals surface area (Å²) in [5.74, 6) is 1.30. The molecule has 0 saturated carbocycles. The molecule has 6 heteroatoms. The molecule has 1 amide bonds. The van der Waals surface area contributed by atoms with E-state index in [-0.39, 0.29) is 5.91 Å². The fraction of sp³-hybridized carbons (Fsp3) is 0.143. The van der Waals surface area contributed by atoms with Gasteiger partial charge >= 0.3 is 0 Å². The van der Waals surface area contributed by atoms with E-state index < -0.39 is 0 Å². The van der Waals surface area contributed by atoms with E-state index in [2.05, 4.69) is 10.3 Å². The molecule has 0 aliphatic rings. The van der Waals surface area contributed by atoms with E-state index in [9.17, 15) is 4.79 Å². The number of hydrogen-bond acceptors (Lipinski definition) is 5. The van der Waals surface area contributed by atoms with Crippen molar-refractivity contribution in [1.29, 1.82) is 0 Å². The number of amides is 1. The normalized spacial score (nSPS) is 10.7. The Hall–Kier alpha value is -3.12. The predicted octanol–water partition coefficient (Wildman–Crippen LogP) is 4.87. The number of aromatic nitrogens is 1. The third kappa shape index (κ3) is 4.95. The third-order valence-corrected chi connectivity index (χ3v) is 4.51. The summed E-state index contributed by atoms with van der Waals surface area (Å²) in [6.45, 7) is 2.58. The van der Waals surface area contributed by atoms with Crippen molar-refractivity contribution in [2.24, 2.45) is 0 Å². The van der Waals surface area contributed by atoms with Gasteiger partial charge in [-0.2, -0.15) is 0 Å². The highest BCUT2D eigenvalue weighted by Gasteiger charge is 2.07. The van der Waals surface area contributed by atoms with Crippen molar-refractivity contribution >= 4 is 28.5 Å². The number of para-hydroxylation sites is 1. The van der Waals surface area contributed by atoms with Crippen LogP contribution in [0, 0.1) is 0 Å². The highest BCUT2D eigenvalue weighted by Crippen LogP contribution is 2.26. The molecule has 5 nitrogen and oxygen atoms in total. The van der Waals surface area contributed by atoms with Crippen LogP contribution in [0.15, 0.2) is 60.0 Å². The average Bonchev–Trinajstić information content (AvgIpc) is 3.16. The van der Waals surface area contributed by atoms with Gasteiger partial charge in [0, 0.05) is 22.6 Å². The van der Waals surface area contributed by atoms with Crippen LogP contribution < -0.4 is 14.8 Å². The summed E-state index contributed by atoms with van der Waals surface area (Å²) < 4.78 is 10.7. The molecule has 0 fully saturated rings. The molecule has 27 heavy (non-hydrogen) atoms. The number of benzene rings is 2. The lowest BCUT2D eigenvalue weighted by molar-refractivity contribution is -0.111. The summed E-state index contributed by atoms with van der Waals surface area (Å²) in [6.07, 6.45) is 3.19. The second-order valence-corrected chi connectivity index (χ2v) is 6.42. The van der Waals surface area contributed by atoms with Crippen LogP contribution in [0.5, 0.6) is 11.5 Å². The van der Waals surface area contributed by atoms with Crippen LogP contribution in [0.2, 0.25) is 0 Å². The van der Waals surface area contributed by atoms with E-state index >= 15 is 0 Å². The fourth-order valence-corrected chi connectivity index (χ4v) is 3.19. The monoisotopic (exact) mass is 380 g/mol. The van der Waals surface area contributed by atoms with Crippen LogP contribution in [0.1, 0.15) is 12.5 Å². The van der Waals surface area contributed by atoms with Crippen LogP contribution in [-0.2, 0) is 4.79 Å². The maximum atomic E-state index is 12.2. The van der Waals surface area contributed by atoms with Crippen molar-refractivity contribution in [3.05, 3.63) is 65.6 Å². The number of nitrogens with one attached hydrogen (secondary N) is 1. The molecule has 1 heterocycles. The number of methoxy groups -OCH3 is 1. The third-order valence-electron chi connectivity index (χ3n) is 3.75. The van der Waals surface area contributed by atoms with Gasteiger partial charge in [-0.15, -0.1) is 11.3 Å². The van der Waals surface area contributed by atoms with Crippen LogP contribution in [0.25, 0.3) is 17.3 Å². The highest BCUT2D eigenvalue weighted by atomic mass is 32.1. The maximum Gasteiger partial charge on any atom is 0.250 e. The first-order valence-electron chi connectivity index (χ1n) is 8.50. The molecule has 2 aromatic carbocycles. The van der Waals surface area contributed by atoms with E-state index in [1.807, 2.05) is 60.8 Å². The topological polar surface area (TPSA) is 60.5 Å². The standard InChI is InChI=1S/C21H20N2O3S/c1-3-26-17-11-8-15(9-12-17)18-14-27-21(22-18)23-20(24)13-10-16-6-4-5-7-19(16)25-2/h4-14H,3H2,1-2H3,(H,22,23,24)/b13-10+. The Bertz CT molecular complexity index is 933. The second kappa shape index (κ2) is 9.00. The molecule has 0 bridgehead atoms. The van der Waals surface area contributed by atoms with Gasteiger partial charge in [-0.05, 0) is 43.3 Å². The summed E-state index contributed by atoms with van der Waals surface area (Å²) in [7, 11) is 1.60. The number of carbonyl (C=O) groups is 1.